The number of esters is 1. The van der Waals surface area contributed by atoms with Gasteiger partial charge in [0.25, 0.3) is 5.91 Å². The summed E-state index contributed by atoms with van der Waals surface area (Å²) in [6, 6.07) is 20.7. The highest BCUT2D eigenvalue weighted by Gasteiger charge is 2.14. The summed E-state index contributed by atoms with van der Waals surface area (Å²) >= 11 is 5.84. The minimum absolute atomic E-state index is 0.0509. The van der Waals surface area contributed by atoms with Crippen LogP contribution in [0.5, 0.6) is 11.5 Å². The number of carbonyl (C=O) groups is 2. The van der Waals surface area contributed by atoms with Gasteiger partial charge in [-0.15, -0.1) is 0 Å². The smallest absolute Gasteiger partial charge is 0.349 e. The fourth-order valence-electron chi connectivity index (χ4n) is 2.77. The average molecular weight is 438 g/mol. The number of carbonyl (C=O) groups excluding carboxylic acids is 2. The molecule has 160 valence electrons. The highest BCUT2D eigenvalue weighted by atomic mass is 35.5. The summed E-state index contributed by atoms with van der Waals surface area (Å²) in [6.07, 6.45) is 0. The third-order valence-corrected chi connectivity index (χ3v) is 4.78. The predicted octanol–water partition coefficient (Wildman–Crippen LogP) is 5.87. The molecular formula is C25H24ClNO4. The van der Waals surface area contributed by atoms with Crippen LogP contribution in [0.4, 0.5) is 5.69 Å². The molecule has 0 saturated heterocycles. The Bertz CT molecular complexity index is 1040. The molecule has 0 spiro atoms. The number of hydrogen-bond donors (Lipinski definition) is 1. The van der Waals surface area contributed by atoms with Crippen LogP contribution in [0.2, 0.25) is 5.02 Å². The number of halogens is 1. The van der Waals surface area contributed by atoms with Crippen LogP contribution in [0.25, 0.3) is 0 Å². The van der Waals surface area contributed by atoms with Crippen LogP contribution < -0.4 is 14.8 Å². The summed E-state index contributed by atoms with van der Waals surface area (Å²) < 4.78 is 10.8. The second kappa shape index (κ2) is 9.67. The SMILES string of the molecule is CC(C)(C)c1ccc(OCC(=O)Oc2ccc(C(=O)Nc3ccc(Cl)cc3)cc2)cc1. The van der Waals surface area contributed by atoms with E-state index in [0.717, 1.165) is 0 Å². The highest BCUT2D eigenvalue weighted by Crippen LogP contribution is 2.24. The van der Waals surface area contributed by atoms with Crippen molar-refractivity contribution in [1.29, 1.82) is 0 Å². The lowest BCUT2D eigenvalue weighted by molar-refractivity contribution is -0.136. The summed E-state index contributed by atoms with van der Waals surface area (Å²) in [5.41, 5.74) is 2.31. The van der Waals surface area contributed by atoms with E-state index in [-0.39, 0.29) is 17.9 Å². The standard InChI is InChI=1S/C25H24ClNO4/c1-25(2,3)18-6-14-21(15-7-18)30-16-23(28)31-22-12-4-17(5-13-22)24(29)27-20-10-8-19(26)9-11-20/h4-15H,16H2,1-3H3,(H,27,29). The number of hydrogen-bond acceptors (Lipinski definition) is 4. The maximum absolute atomic E-state index is 12.3. The molecule has 0 bridgehead atoms. The van der Waals surface area contributed by atoms with Crippen molar-refractivity contribution in [3.05, 3.63) is 88.9 Å². The summed E-state index contributed by atoms with van der Waals surface area (Å²) in [6.45, 7) is 6.18. The van der Waals surface area contributed by atoms with E-state index in [4.69, 9.17) is 21.1 Å². The first-order valence-electron chi connectivity index (χ1n) is 9.82. The van der Waals surface area contributed by atoms with Gasteiger partial charge >= 0.3 is 5.97 Å². The van der Waals surface area contributed by atoms with Crippen LogP contribution in [-0.4, -0.2) is 18.5 Å². The van der Waals surface area contributed by atoms with E-state index in [9.17, 15) is 9.59 Å². The first kappa shape index (κ1) is 22.4. The predicted molar refractivity (Wildman–Crippen MR) is 122 cm³/mol. The van der Waals surface area contributed by atoms with Gasteiger partial charge in [-0.1, -0.05) is 44.5 Å². The van der Waals surface area contributed by atoms with Gasteiger partial charge in [0.2, 0.25) is 0 Å². The summed E-state index contributed by atoms with van der Waals surface area (Å²) in [5, 5.41) is 3.36. The Hall–Kier alpha value is -3.31. The molecule has 0 saturated carbocycles. The van der Waals surface area contributed by atoms with E-state index >= 15 is 0 Å². The van der Waals surface area contributed by atoms with Gasteiger partial charge in [0.1, 0.15) is 11.5 Å². The second-order valence-electron chi connectivity index (χ2n) is 8.02. The molecule has 3 aromatic rings. The Morgan fingerprint density at radius 3 is 2.00 bits per heavy atom. The Morgan fingerprint density at radius 1 is 0.839 bits per heavy atom. The van der Waals surface area contributed by atoms with Gasteiger partial charge in [0.15, 0.2) is 6.61 Å². The molecule has 1 N–H and O–H groups in total. The van der Waals surface area contributed by atoms with Gasteiger partial charge in [-0.2, -0.15) is 0 Å². The average Bonchev–Trinajstić information content (AvgIpc) is 2.74. The van der Waals surface area contributed by atoms with Crippen molar-refractivity contribution < 1.29 is 19.1 Å². The monoisotopic (exact) mass is 437 g/mol. The molecule has 0 aliphatic rings. The van der Waals surface area contributed by atoms with Crippen LogP contribution >= 0.6 is 11.6 Å². The van der Waals surface area contributed by atoms with E-state index in [1.807, 2.05) is 24.3 Å². The third-order valence-electron chi connectivity index (χ3n) is 4.53. The molecule has 0 atom stereocenters. The normalized spacial score (nSPS) is 11.0. The second-order valence-corrected chi connectivity index (χ2v) is 8.46. The van der Waals surface area contributed by atoms with Crippen LogP contribution in [0.15, 0.2) is 72.8 Å². The lowest BCUT2D eigenvalue weighted by Gasteiger charge is -2.19. The van der Waals surface area contributed by atoms with Gasteiger partial charge in [0.05, 0.1) is 0 Å². The van der Waals surface area contributed by atoms with Crippen molar-refractivity contribution in [3.63, 3.8) is 0 Å². The van der Waals surface area contributed by atoms with Gasteiger partial charge < -0.3 is 14.8 Å². The quantitative estimate of drug-likeness (QED) is 0.386. The van der Waals surface area contributed by atoms with E-state index in [2.05, 4.69) is 26.1 Å². The van der Waals surface area contributed by atoms with E-state index < -0.39 is 5.97 Å². The van der Waals surface area contributed by atoms with E-state index in [1.165, 1.54) is 5.56 Å². The Kier molecular flexibility index (Phi) is 6.98. The number of ether oxygens (including phenoxy) is 2. The molecule has 0 radical (unpaired) electrons. The molecule has 0 aliphatic carbocycles. The number of rotatable bonds is 6. The zero-order valence-electron chi connectivity index (χ0n) is 17.6. The Balaban J connectivity index is 1.50. The van der Waals surface area contributed by atoms with Gasteiger partial charge in [0, 0.05) is 16.3 Å². The minimum Gasteiger partial charge on any atom is -0.482 e. The molecule has 0 aromatic heterocycles. The molecular weight excluding hydrogens is 414 g/mol. The zero-order valence-corrected chi connectivity index (χ0v) is 18.4. The molecule has 0 aliphatic heterocycles. The molecule has 0 unspecified atom stereocenters. The number of amides is 1. The summed E-state index contributed by atoms with van der Waals surface area (Å²) in [4.78, 5) is 24.4. The topological polar surface area (TPSA) is 64.6 Å². The van der Waals surface area contributed by atoms with Crippen molar-refractivity contribution in [2.75, 3.05) is 11.9 Å². The third kappa shape index (κ3) is 6.59. The molecule has 0 fully saturated rings. The number of nitrogens with one attached hydrogen (secondary N) is 1. The van der Waals surface area contributed by atoms with Crippen molar-refractivity contribution >= 4 is 29.2 Å². The largest absolute Gasteiger partial charge is 0.482 e. The van der Waals surface area contributed by atoms with Crippen molar-refractivity contribution in [3.8, 4) is 11.5 Å². The van der Waals surface area contributed by atoms with Crippen molar-refractivity contribution in [2.45, 2.75) is 26.2 Å². The fraction of sp³-hybridized carbons (Fsp3) is 0.200. The van der Waals surface area contributed by atoms with Crippen LogP contribution in [0.1, 0.15) is 36.7 Å². The van der Waals surface area contributed by atoms with Gasteiger partial charge in [-0.05, 0) is 71.6 Å². The molecule has 31 heavy (non-hydrogen) atoms. The van der Waals surface area contributed by atoms with Crippen LogP contribution in [0.3, 0.4) is 0 Å². The maximum atomic E-state index is 12.3. The molecule has 0 heterocycles. The molecule has 3 aromatic carbocycles. The minimum atomic E-state index is -0.529. The van der Waals surface area contributed by atoms with E-state index in [1.54, 1.807) is 48.5 Å². The Morgan fingerprint density at radius 2 is 1.42 bits per heavy atom. The summed E-state index contributed by atoms with van der Waals surface area (Å²) in [7, 11) is 0. The first-order valence-corrected chi connectivity index (χ1v) is 10.2. The summed E-state index contributed by atoms with van der Waals surface area (Å²) in [5.74, 6) is 0.124. The highest BCUT2D eigenvalue weighted by molar-refractivity contribution is 6.30. The maximum Gasteiger partial charge on any atom is 0.349 e. The molecule has 3 rings (SSSR count). The van der Waals surface area contributed by atoms with Crippen LogP contribution in [-0.2, 0) is 10.2 Å². The molecule has 1 amide bonds. The van der Waals surface area contributed by atoms with Crippen LogP contribution in [0, 0.1) is 0 Å². The van der Waals surface area contributed by atoms with Gasteiger partial charge in [-0.25, -0.2) is 4.79 Å². The van der Waals surface area contributed by atoms with Gasteiger partial charge in [-0.3, -0.25) is 4.79 Å². The lowest BCUT2D eigenvalue weighted by atomic mass is 9.87. The molecule has 6 heteroatoms. The van der Waals surface area contributed by atoms with Crippen molar-refractivity contribution in [1.82, 2.24) is 0 Å². The Labute approximate surface area is 187 Å². The number of anilines is 1. The van der Waals surface area contributed by atoms with Crippen molar-refractivity contribution in [2.24, 2.45) is 0 Å². The lowest BCUT2D eigenvalue weighted by Crippen LogP contribution is -2.18. The first-order chi connectivity index (χ1) is 14.7. The number of benzene rings is 3. The van der Waals surface area contributed by atoms with E-state index in [0.29, 0.717) is 27.8 Å². The molecule has 5 nitrogen and oxygen atoms in total. The fourth-order valence-corrected chi connectivity index (χ4v) is 2.89. The zero-order chi connectivity index (χ0) is 22.4.